The zero-order valence-corrected chi connectivity index (χ0v) is 26.1. The maximum Gasteiger partial charge on any atom is 0.317 e. The Morgan fingerprint density at radius 2 is 1.16 bits per heavy atom. The number of hydrogen-bond acceptors (Lipinski definition) is 7. The van der Waals surface area contributed by atoms with Gasteiger partial charge in [-0.15, -0.1) is 0 Å². The van der Waals surface area contributed by atoms with Crippen LogP contribution in [-0.2, 0) is 33.4 Å². The van der Waals surface area contributed by atoms with Gasteiger partial charge in [-0.05, 0) is 100 Å². The Morgan fingerprint density at radius 1 is 0.651 bits per heavy atom. The molecule has 0 aromatic heterocycles. The molecule has 238 valence electrons. The minimum atomic E-state index is -0.729. The van der Waals surface area contributed by atoms with E-state index in [2.05, 4.69) is 19.1 Å². The van der Waals surface area contributed by atoms with Gasteiger partial charge in [-0.1, -0.05) is 57.6 Å². The number of esters is 4. The van der Waals surface area contributed by atoms with Crippen LogP contribution in [0.1, 0.15) is 116 Å². The van der Waals surface area contributed by atoms with Crippen LogP contribution in [-0.4, -0.2) is 36.6 Å². The molecule has 0 aromatic carbocycles. The Balaban J connectivity index is 0.913. The number of ether oxygens (including phenoxy) is 3. The molecule has 7 nitrogen and oxygen atoms in total. The Bertz CT molecular complexity index is 1000. The number of hydrogen-bond donors (Lipinski definition) is 0. The third-order valence-electron chi connectivity index (χ3n) is 12.3. The summed E-state index contributed by atoms with van der Waals surface area (Å²) < 4.78 is 16.1. The highest BCUT2D eigenvalue weighted by Crippen LogP contribution is 2.50. The van der Waals surface area contributed by atoms with E-state index in [1.807, 2.05) is 0 Å². The van der Waals surface area contributed by atoms with Gasteiger partial charge in [0.05, 0.1) is 36.4 Å². The van der Waals surface area contributed by atoms with Crippen LogP contribution in [0.4, 0.5) is 0 Å². The van der Waals surface area contributed by atoms with E-state index in [9.17, 15) is 19.2 Å². The molecule has 2 heterocycles. The lowest BCUT2D eigenvalue weighted by Crippen LogP contribution is -2.45. The highest BCUT2D eigenvalue weighted by Gasteiger charge is 2.63. The van der Waals surface area contributed by atoms with Gasteiger partial charge in [0.2, 0.25) is 0 Å². The second-order valence-electron chi connectivity index (χ2n) is 14.9. The third-order valence-corrected chi connectivity index (χ3v) is 12.3. The highest BCUT2D eigenvalue weighted by molar-refractivity contribution is 6.01. The summed E-state index contributed by atoms with van der Waals surface area (Å²) >= 11 is 0. The summed E-state index contributed by atoms with van der Waals surface area (Å²) in [4.78, 5) is 49.6. The van der Waals surface area contributed by atoms with Crippen LogP contribution in [0.25, 0.3) is 0 Å². The van der Waals surface area contributed by atoms with Crippen molar-refractivity contribution in [1.29, 1.82) is 0 Å². The molecule has 6 fully saturated rings. The van der Waals surface area contributed by atoms with Gasteiger partial charge >= 0.3 is 23.9 Å². The smallest absolute Gasteiger partial charge is 0.317 e. The lowest BCUT2D eigenvalue weighted by molar-refractivity contribution is -0.155. The first-order valence-electron chi connectivity index (χ1n) is 17.7. The van der Waals surface area contributed by atoms with Gasteiger partial charge in [-0.3, -0.25) is 19.2 Å². The van der Waals surface area contributed by atoms with Crippen LogP contribution in [0, 0.1) is 59.2 Å². The van der Waals surface area contributed by atoms with Crippen molar-refractivity contribution in [3.8, 4) is 0 Å². The molecule has 2 saturated heterocycles. The molecule has 0 bridgehead atoms. The summed E-state index contributed by atoms with van der Waals surface area (Å²) in [7, 11) is 0. The van der Waals surface area contributed by atoms with E-state index in [0.29, 0.717) is 5.92 Å². The van der Waals surface area contributed by atoms with Crippen LogP contribution in [0.5, 0.6) is 0 Å². The van der Waals surface area contributed by atoms with Crippen molar-refractivity contribution in [2.24, 2.45) is 59.2 Å². The molecule has 4 saturated carbocycles. The van der Waals surface area contributed by atoms with Crippen LogP contribution in [0.3, 0.4) is 0 Å². The fourth-order valence-corrected chi connectivity index (χ4v) is 9.69. The first-order valence-corrected chi connectivity index (χ1v) is 17.7. The SMILES string of the molecule is CCCCCC1CCC(C2CCC(/C=C/C3CCC(OCC4C5C(=O)OC(=O)C5CC5C(=O)OC(=O)C54)CC3)CC2)CC1. The van der Waals surface area contributed by atoms with Gasteiger partial charge in [0.15, 0.2) is 0 Å². The molecule has 0 aromatic rings. The molecule has 0 radical (unpaired) electrons. The lowest BCUT2D eigenvalue weighted by Gasteiger charge is -2.37. The molecule has 6 rings (SSSR count). The first kappa shape index (κ1) is 31.0. The van der Waals surface area contributed by atoms with E-state index in [-0.39, 0.29) is 19.1 Å². The molecule has 7 heteroatoms. The average Bonchev–Trinajstić information content (AvgIpc) is 3.48. The number of allylic oxidation sites excluding steroid dienone is 2. The predicted molar refractivity (Wildman–Crippen MR) is 160 cm³/mol. The second kappa shape index (κ2) is 14.0. The van der Waals surface area contributed by atoms with Crippen LogP contribution in [0.15, 0.2) is 12.2 Å². The molecule has 43 heavy (non-hydrogen) atoms. The molecular formula is C36H52O7. The maximum absolute atomic E-state index is 12.5. The monoisotopic (exact) mass is 596 g/mol. The van der Waals surface area contributed by atoms with E-state index in [1.165, 1.54) is 77.0 Å². The van der Waals surface area contributed by atoms with Gasteiger partial charge in [-0.2, -0.15) is 0 Å². The number of carbonyl (C=O) groups excluding carboxylic acids is 4. The van der Waals surface area contributed by atoms with Gasteiger partial charge in [0.25, 0.3) is 0 Å². The van der Waals surface area contributed by atoms with Crippen molar-refractivity contribution in [2.75, 3.05) is 6.61 Å². The molecule has 2 aliphatic heterocycles. The van der Waals surface area contributed by atoms with Crippen molar-refractivity contribution in [2.45, 2.75) is 122 Å². The summed E-state index contributed by atoms with van der Waals surface area (Å²) in [6.45, 7) is 2.47. The normalized spacial score (nSPS) is 41.7. The summed E-state index contributed by atoms with van der Waals surface area (Å²) in [6.07, 6.45) is 26.2. The van der Waals surface area contributed by atoms with Crippen molar-refractivity contribution in [3.63, 3.8) is 0 Å². The average molecular weight is 597 g/mol. The lowest BCUT2D eigenvalue weighted by atomic mass is 9.63. The van der Waals surface area contributed by atoms with Gasteiger partial charge < -0.3 is 14.2 Å². The molecule has 0 amide bonds. The van der Waals surface area contributed by atoms with E-state index in [4.69, 9.17) is 14.2 Å². The molecule has 0 spiro atoms. The summed E-state index contributed by atoms with van der Waals surface area (Å²) in [5, 5.41) is 0. The fraction of sp³-hybridized carbons (Fsp3) is 0.833. The Morgan fingerprint density at radius 3 is 1.70 bits per heavy atom. The van der Waals surface area contributed by atoms with Gasteiger partial charge in [0, 0.05) is 5.92 Å². The van der Waals surface area contributed by atoms with Crippen molar-refractivity contribution >= 4 is 23.9 Å². The number of cyclic esters (lactones) is 4. The van der Waals surface area contributed by atoms with Crippen LogP contribution >= 0.6 is 0 Å². The summed E-state index contributed by atoms with van der Waals surface area (Å²) in [6, 6.07) is 0. The Kier molecular flexibility index (Phi) is 10.1. The van der Waals surface area contributed by atoms with Gasteiger partial charge in [-0.25, -0.2) is 0 Å². The second-order valence-corrected chi connectivity index (χ2v) is 14.9. The number of unbranched alkanes of at least 4 members (excludes halogenated alkanes) is 2. The summed E-state index contributed by atoms with van der Waals surface area (Å²) in [5.41, 5.74) is 0. The molecule has 0 N–H and O–H groups in total. The predicted octanol–water partition coefficient (Wildman–Crippen LogP) is 6.96. The van der Waals surface area contributed by atoms with Crippen LogP contribution < -0.4 is 0 Å². The van der Waals surface area contributed by atoms with E-state index < -0.39 is 53.5 Å². The van der Waals surface area contributed by atoms with Crippen molar-refractivity contribution in [3.05, 3.63) is 12.2 Å². The fourth-order valence-electron chi connectivity index (χ4n) is 9.69. The zero-order valence-electron chi connectivity index (χ0n) is 26.1. The number of rotatable bonds is 10. The molecule has 6 aliphatic rings. The van der Waals surface area contributed by atoms with E-state index in [0.717, 1.165) is 49.4 Å². The van der Waals surface area contributed by atoms with Crippen molar-refractivity contribution < 1.29 is 33.4 Å². The molecule has 4 aliphatic carbocycles. The van der Waals surface area contributed by atoms with E-state index in [1.54, 1.807) is 0 Å². The van der Waals surface area contributed by atoms with Crippen LogP contribution in [0.2, 0.25) is 0 Å². The topological polar surface area (TPSA) is 96.0 Å². The minimum Gasteiger partial charge on any atom is -0.393 e. The van der Waals surface area contributed by atoms with E-state index >= 15 is 0 Å². The summed E-state index contributed by atoms with van der Waals surface area (Å²) in [5.74, 6) is -1.52. The first-order chi connectivity index (χ1) is 20.9. The quantitative estimate of drug-likeness (QED) is 0.116. The largest absolute Gasteiger partial charge is 0.393 e. The minimum absolute atomic E-state index is 0.0573. The Hall–Kier alpha value is -2.02. The van der Waals surface area contributed by atoms with Gasteiger partial charge in [0.1, 0.15) is 0 Å². The molecule has 4 unspecified atom stereocenters. The number of fused-ring (bicyclic) bond motifs is 2. The third kappa shape index (κ3) is 6.97. The highest BCUT2D eigenvalue weighted by atomic mass is 16.6. The zero-order chi connectivity index (χ0) is 29.9. The number of carbonyl (C=O) groups is 4. The molecular weight excluding hydrogens is 544 g/mol. The Labute approximate surface area is 257 Å². The maximum atomic E-state index is 12.5. The van der Waals surface area contributed by atoms with Crippen molar-refractivity contribution in [1.82, 2.24) is 0 Å². The molecule has 4 atom stereocenters. The standard InChI is InChI=1S/C36H52O7/c1-2-3-4-5-22-8-14-25(15-9-22)26-16-10-23(11-17-26)6-7-24-12-18-27(19-13-24)41-21-30-31-28(33(37)42-35(31)39)20-29-32(30)36(40)43-34(29)38/h6-7,22-32H,2-5,8-21H2,1H3/b7-6+.